The van der Waals surface area contributed by atoms with Gasteiger partial charge in [-0.05, 0) is 26.7 Å². The van der Waals surface area contributed by atoms with Crippen molar-refractivity contribution in [2.75, 3.05) is 6.61 Å². The van der Waals surface area contributed by atoms with Crippen LogP contribution in [0.15, 0.2) is 0 Å². The van der Waals surface area contributed by atoms with Gasteiger partial charge in [-0.2, -0.15) is 0 Å². The minimum atomic E-state index is 0.133. The quantitative estimate of drug-likeness (QED) is 0.297. The Morgan fingerprint density at radius 2 is 1.10 bits per heavy atom. The molecule has 122 valence electrons. The maximum absolute atomic E-state index is 5.87. The normalized spacial score (nSPS) is 14.4. The van der Waals surface area contributed by atoms with Crippen molar-refractivity contribution in [2.24, 2.45) is 0 Å². The highest BCUT2D eigenvalue weighted by Crippen LogP contribution is 2.23. The fourth-order valence-electron chi connectivity index (χ4n) is 2.86. The summed E-state index contributed by atoms with van der Waals surface area (Å²) < 4.78 is 5.87. The maximum atomic E-state index is 5.87. The molecular weight excluding hydrogens is 244 g/mol. The standard InChI is InChI=1S/C19H40O/c1-5-8-9-10-11-12-13-14-15-16-17-18-19(4,6-2)20-7-3/h5-18H2,1-4H3. The van der Waals surface area contributed by atoms with Gasteiger partial charge in [-0.25, -0.2) is 0 Å². The van der Waals surface area contributed by atoms with E-state index >= 15 is 0 Å². The Kier molecular flexibility index (Phi) is 13.9. The molecule has 0 spiro atoms. The first-order valence-corrected chi connectivity index (χ1v) is 9.32. The molecule has 0 amide bonds. The molecule has 0 radical (unpaired) electrons. The fraction of sp³-hybridized carbons (Fsp3) is 1.00. The molecule has 0 aliphatic heterocycles. The molecule has 0 fully saturated rings. The van der Waals surface area contributed by atoms with Crippen LogP contribution in [-0.2, 0) is 4.74 Å². The summed E-state index contributed by atoms with van der Waals surface area (Å²) in [5, 5.41) is 0. The number of rotatable bonds is 15. The Morgan fingerprint density at radius 3 is 1.50 bits per heavy atom. The van der Waals surface area contributed by atoms with Crippen LogP contribution in [0.2, 0.25) is 0 Å². The second-order valence-corrected chi connectivity index (χ2v) is 6.52. The molecule has 0 aromatic rings. The minimum Gasteiger partial charge on any atom is -0.376 e. The number of ether oxygens (including phenoxy) is 1. The van der Waals surface area contributed by atoms with E-state index in [4.69, 9.17) is 4.74 Å². The summed E-state index contributed by atoms with van der Waals surface area (Å²) >= 11 is 0. The van der Waals surface area contributed by atoms with E-state index in [1.807, 2.05) is 0 Å². The first-order valence-electron chi connectivity index (χ1n) is 9.32. The van der Waals surface area contributed by atoms with E-state index in [0.717, 1.165) is 13.0 Å². The minimum absolute atomic E-state index is 0.133. The van der Waals surface area contributed by atoms with E-state index in [0.29, 0.717) is 0 Å². The van der Waals surface area contributed by atoms with Gasteiger partial charge in [0.15, 0.2) is 0 Å². The van der Waals surface area contributed by atoms with E-state index in [1.165, 1.54) is 77.0 Å². The fourth-order valence-corrected chi connectivity index (χ4v) is 2.86. The number of unbranched alkanes of at least 4 members (excludes halogenated alkanes) is 10. The van der Waals surface area contributed by atoms with Crippen LogP contribution in [0.3, 0.4) is 0 Å². The van der Waals surface area contributed by atoms with Gasteiger partial charge in [0.1, 0.15) is 0 Å². The Bertz CT molecular complexity index is 190. The molecule has 20 heavy (non-hydrogen) atoms. The molecule has 1 unspecified atom stereocenters. The third kappa shape index (κ3) is 11.8. The summed E-state index contributed by atoms with van der Waals surface area (Å²) in [6.07, 6.45) is 18.0. The van der Waals surface area contributed by atoms with Gasteiger partial charge in [0.25, 0.3) is 0 Å². The van der Waals surface area contributed by atoms with Gasteiger partial charge in [0.05, 0.1) is 5.60 Å². The Morgan fingerprint density at radius 1 is 0.650 bits per heavy atom. The molecule has 0 N–H and O–H groups in total. The van der Waals surface area contributed by atoms with Crippen LogP contribution in [0.25, 0.3) is 0 Å². The van der Waals surface area contributed by atoms with E-state index in [9.17, 15) is 0 Å². The topological polar surface area (TPSA) is 9.23 Å². The monoisotopic (exact) mass is 284 g/mol. The summed E-state index contributed by atoms with van der Waals surface area (Å²) in [6, 6.07) is 0. The molecule has 0 rings (SSSR count). The van der Waals surface area contributed by atoms with Gasteiger partial charge in [-0.15, -0.1) is 0 Å². The second-order valence-electron chi connectivity index (χ2n) is 6.52. The van der Waals surface area contributed by atoms with Crippen molar-refractivity contribution < 1.29 is 4.74 Å². The van der Waals surface area contributed by atoms with Gasteiger partial charge in [0, 0.05) is 6.61 Å². The summed E-state index contributed by atoms with van der Waals surface area (Å²) in [4.78, 5) is 0. The van der Waals surface area contributed by atoms with Crippen molar-refractivity contribution in [2.45, 2.75) is 117 Å². The van der Waals surface area contributed by atoms with Gasteiger partial charge in [0.2, 0.25) is 0 Å². The lowest BCUT2D eigenvalue weighted by Gasteiger charge is -2.28. The molecule has 1 nitrogen and oxygen atoms in total. The van der Waals surface area contributed by atoms with Crippen molar-refractivity contribution in [1.82, 2.24) is 0 Å². The van der Waals surface area contributed by atoms with Gasteiger partial charge < -0.3 is 4.74 Å². The lowest BCUT2D eigenvalue weighted by molar-refractivity contribution is -0.0353. The van der Waals surface area contributed by atoms with Crippen LogP contribution in [0.1, 0.15) is 111 Å². The van der Waals surface area contributed by atoms with Crippen LogP contribution in [0.5, 0.6) is 0 Å². The lowest BCUT2D eigenvalue weighted by Crippen LogP contribution is -2.27. The van der Waals surface area contributed by atoms with E-state index in [-0.39, 0.29) is 5.60 Å². The van der Waals surface area contributed by atoms with Crippen LogP contribution < -0.4 is 0 Å². The first kappa shape index (κ1) is 20.0. The molecule has 0 aliphatic rings. The molecular formula is C19H40O. The summed E-state index contributed by atoms with van der Waals surface area (Å²) in [5.41, 5.74) is 0.133. The summed E-state index contributed by atoms with van der Waals surface area (Å²) in [6.45, 7) is 9.76. The molecule has 0 saturated carbocycles. The van der Waals surface area contributed by atoms with Crippen molar-refractivity contribution in [1.29, 1.82) is 0 Å². The van der Waals surface area contributed by atoms with Crippen LogP contribution in [0.4, 0.5) is 0 Å². The number of hydrogen-bond donors (Lipinski definition) is 0. The average Bonchev–Trinajstić information content (AvgIpc) is 2.45. The van der Waals surface area contributed by atoms with Gasteiger partial charge >= 0.3 is 0 Å². The van der Waals surface area contributed by atoms with Crippen molar-refractivity contribution in [3.05, 3.63) is 0 Å². The zero-order valence-electron chi connectivity index (χ0n) is 14.8. The highest BCUT2D eigenvalue weighted by molar-refractivity contribution is 4.72. The lowest BCUT2D eigenvalue weighted by atomic mass is 9.94. The third-order valence-electron chi connectivity index (χ3n) is 4.55. The van der Waals surface area contributed by atoms with E-state index < -0.39 is 0 Å². The predicted octanol–water partition coefficient (Wildman–Crippen LogP) is 6.89. The zero-order chi connectivity index (χ0) is 15.1. The maximum Gasteiger partial charge on any atom is 0.0651 e. The first-order chi connectivity index (χ1) is 9.68. The highest BCUT2D eigenvalue weighted by atomic mass is 16.5. The average molecular weight is 285 g/mol. The van der Waals surface area contributed by atoms with Crippen LogP contribution in [0, 0.1) is 0 Å². The van der Waals surface area contributed by atoms with Gasteiger partial charge in [-0.3, -0.25) is 0 Å². The molecule has 0 bridgehead atoms. The number of hydrogen-bond acceptors (Lipinski definition) is 1. The molecule has 0 aliphatic carbocycles. The second kappa shape index (κ2) is 13.9. The third-order valence-corrected chi connectivity index (χ3v) is 4.55. The Balaban J connectivity index is 3.27. The molecule has 1 atom stereocenters. The molecule has 0 saturated heterocycles. The molecule has 1 heteroatoms. The molecule has 0 aromatic heterocycles. The highest BCUT2D eigenvalue weighted by Gasteiger charge is 2.20. The Labute approximate surface area is 128 Å². The smallest absolute Gasteiger partial charge is 0.0651 e. The van der Waals surface area contributed by atoms with E-state index in [2.05, 4.69) is 27.7 Å². The predicted molar refractivity (Wildman–Crippen MR) is 91.4 cm³/mol. The van der Waals surface area contributed by atoms with E-state index in [1.54, 1.807) is 0 Å². The van der Waals surface area contributed by atoms with Crippen molar-refractivity contribution in [3.8, 4) is 0 Å². The Hall–Kier alpha value is -0.0400. The summed E-state index contributed by atoms with van der Waals surface area (Å²) in [5.74, 6) is 0. The molecule has 0 heterocycles. The molecule has 0 aromatic carbocycles. The zero-order valence-corrected chi connectivity index (χ0v) is 14.8. The summed E-state index contributed by atoms with van der Waals surface area (Å²) in [7, 11) is 0. The van der Waals surface area contributed by atoms with Crippen molar-refractivity contribution in [3.63, 3.8) is 0 Å². The van der Waals surface area contributed by atoms with Crippen molar-refractivity contribution >= 4 is 0 Å². The van der Waals surface area contributed by atoms with Crippen LogP contribution in [-0.4, -0.2) is 12.2 Å². The SMILES string of the molecule is CCCCCCCCCCCCCC(C)(CC)OCC. The van der Waals surface area contributed by atoms with Crippen LogP contribution >= 0.6 is 0 Å². The van der Waals surface area contributed by atoms with Gasteiger partial charge in [-0.1, -0.05) is 84.5 Å². The largest absolute Gasteiger partial charge is 0.376 e.